The molecule has 0 amide bonds. The number of methoxy groups -OCH3 is 1. The summed E-state index contributed by atoms with van der Waals surface area (Å²) < 4.78 is 32.6. The van der Waals surface area contributed by atoms with Gasteiger partial charge in [-0.2, -0.15) is 0 Å². The second-order valence-corrected chi connectivity index (χ2v) is 6.95. The molecule has 1 aromatic rings. The third-order valence-corrected chi connectivity index (χ3v) is 4.44. The summed E-state index contributed by atoms with van der Waals surface area (Å²) in [6.45, 7) is 6.64. The molecule has 0 unspecified atom stereocenters. The molecule has 0 saturated carbocycles. The van der Waals surface area contributed by atoms with E-state index in [1.807, 2.05) is 26.8 Å². The Kier molecular flexibility index (Phi) is 5.98. The topological polar surface area (TPSA) is 67.4 Å². The van der Waals surface area contributed by atoms with Crippen LogP contribution < -0.4 is 10.0 Å². The minimum Gasteiger partial charge on any atom is -0.384 e. The minimum absolute atomic E-state index is 0.216. The number of nitrogens with one attached hydrogen (secondary N) is 2. The van der Waals surface area contributed by atoms with Crippen LogP contribution in [0.3, 0.4) is 0 Å². The largest absolute Gasteiger partial charge is 0.384 e. The highest BCUT2D eigenvalue weighted by Crippen LogP contribution is 2.21. The summed E-state index contributed by atoms with van der Waals surface area (Å²) in [6, 6.07) is 6.90. The van der Waals surface area contributed by atoms with Crippen LogP contribution in [0.25, 0.3) is 0 Å². The van der Waals surface area contributed by atoms with Crippen LogP contribution in [0.2, 0.25) is 0 Å². The fraction of sp³-hybridized carbons (Fsp3) is 0.571. The van der Waals surface area contributed by atoms with E-state index in [1.165, 1.54) is 0 Å². The second-order valence-electron chi connectivity index (χ2n) is 5.21. The van der Waals surface area contributed by atoms with E-state index in [-0.39, 0.29) is 11.4 Å². The smallest absolute Gasteiger partial charge is 0.242 e. The van der Waals surface area contributed by atoms with Gasteiger partial charge < -0.3 is 10.1 Å². The Morgan fingerprint density at radius 2 is 1.90 bits per heavy atom. The molecular weight excluding hydrogens is 276 g/mol. The molecule has 0 heterocycles. The van der Waals surface area contributed by atoms with Gasteiger partial charge >= 0.3 is 0 Å². The van der Waals surface area contributed by atoms with Crippen molar-refractivity contribution in [3.63, 3.8) is 0 Å². The molecule has 0 saturated heterocycles. The van der Waals surface area contributed by atoms with Crippen LogP contribution in [-0.4, -0.2) is 34.2 Å². The van der Waals surface area contributed by atoms with Gasteiger partial charge in [0.05, 0.1) is 11.3 Å². The normalized spacial score (nSPS) is 12.4. The van der Waals surface area contributed by atoms with Gasteiger partial charge in [-0.15, -0.1) is 0 Å². The average Bonchev–Trinajstić information content (AvgIpc) is 2.43. The van der Waals surface area contributed by atoms with Gasteiger partial charge in [0.25, 0.3) is 0 Å². The average molecular weight is 300 g/mol. The molecule has 2 N–H and O–H groups in total. The van der Waals surface area contributed by atoms with Crippen LogP contribution in [0.1, 0.15) is 27.2 Å². The van der Waals surface area contributed by atoms with E-state index in [4.69, 9.17) is 4.74 Å². The van der Waals surface area contributed by atoms with Gasteiger partial charge in [-0.3, -0.25) is 0 Å². The quantitative estimate of drug-likeness (QED) is 0.772. The van der Waals surface area contributed by atoms with Gasteiger partial charge in [0, 0.05) is 20.2 Å². The zero-order valence-electron chi connectivity index (χ0n) is 12.6. The molecule has 1 aromatic carbocycles. The predicted molar refractivity (Wildman–Crippen MR) is 81.5 cm³/mol. The standard InChI is InChI=1S/C14H24N2O3S/c1-5-10-15-12-8-6-7-9-13(12)20(17,18)16-11-14(2,3)19-4/h6-9,15-16H,5,10-11H2,1-4H3. The van der Waals surface area contributed by atoms with E-state index in [9.17, 15) is 8.42 Å². The molecule has 20 heavy (non-hydrogen) atoms. The molecular formula is C14H24N2O3S. The van der Waals surface area contributed by atoms with Crippen molar-refractivity contribution in [1.82, 2.24) is 4.72 Å². The fourth-order valence-corrected chi connectivity index (χ4v) is 2.91. The highest BCUT2D eigenvalue weighted by atomic mass is 32.2. The first-order valence-corrected chi connectivity index (χ1v) is 8.18. The van der Waals surface area contributed by atoms with Crippen molar-refractivity contribution in [3.05, 3.63) is 24.3 Å². The SMILES string of the molecule is CCCNc1ccccc1S(=O)(=O)NCC(C)(C)OC. The summed E-state index contributed by atoms with van der Waals surface area (Å²) in [4.78, 5) is 0.264. The molecule has 0 spiro atoms. The first kappa shape index (κ1) is 16.9. The zero-order chi connectivity index (χ0) is 15.2. The summed E-state index contributed by atoms with van der Waals surface area (Å²) in [5.74, 6) is 0. The molecule has 1 rings (SSSR count). The van der Waals surface area contributed by atoms with Gasteiger partial charge in [0.1, 0.15) is 4.90 Å². The molecule has 5 nitrogen and oxygen atoms in total. The van der Waals surface area contributed by atoms with Crippen LogP contribution in [0.4, 0.5) is 5.69 Å². The lowest BCUT2D eigenvalue weighted by Gasteiger charge is -2.23. The van der Waals surface area contributed by atoms with Crippen molar-refractivity contribution in [2.24, 2.45) is 0 Å². The lowest BCUT2D eigenvalue weighted by Crippen LogP contribution is -2.39. The highest BCUT2D eigenvalue weighted by Gasteiger charge is 2.23. The molecule has 0 aliphatic carbocycles. The molecule has 114 valence electrons. The summed E-state index contributed by atoms with van der Waals surface area (Å²) >= 11 is 0. The van der Waals surface area contributed by atoms with Crippen molar-refractivity contribution in [2.75, 3.05) is 25.5 Å². The summed E-state index contributed by atoms with van der Waals surface area (Å²) in [5, 5.41) is 3.13. The predicted octanol–water partition coefficient (Wildman–Crippen LogP) is 2.21. The first-order valence-electron chi connectivity index (χ1n) is 6.70. The number of sulfonamides is 1. The van der Waals surface area contributed by atoms with E-state index in [1.54, 1.807) is 25.3 Å². The van der Waals surface area contributed by atoms with Crippen LogP contribution in [0, 0.1) is 0 Å². The van der Waals surface area contributed by atoms with E-state index < -0.39 is 15.6 Å². The third kappa shape index (κ3) is 4.77. The highest BCUT2D eigenvalue weighted by molar-refractivity contribution is 7.89. The molecule has 0 bridgehead atoms. The monoisotopic (exact) mass is 300 g/mol. The van der Waals surface area contributed by atoms with Crippen molar-refractivity contribution >= 4 is 15.7 Å². The van der Waals surface area contributed by atoms with Crippen LogP contribution in [-0.2, 0) is 14.8 Å². The summed E-state index contributed by atoms with van der Waals surface area (Å²) in [7, 11) is -2.00. The lowest BCUT2D eigenvalue weighted by molar-refractivity contribution is 0.0276. The Morgan fingerprint density at radius 1 is 1.25 bits per heavy atom. The Bertz CT molecular complexity index is 527. The number of hydrogen-bond acceptors (Lipinski definition) is 4. The molecule has 6 heteroatoms. The maximum atomic E-state index is 12.4. The van der Waals surface area contributed by atoms with Gasteiger partial charge in [-0.05, 0) is 32.4 Å². The number of rotatable bonds is 8. The van der Waals surface area contributed by atoms with Gasteiger partial charge in [-0.1, -0.05) is 19.1 Å². The minimum atomic E-state index is -3.56. The molecule has 0 aliphatic rings. The van der Waals surface area contributed by atoms with Gasteiger partial charge in [-0.25, -0.2) is 13.1 Å². The Balaban J connectivity index is 2.92. The second kappa shape index (κ2) is 7.06. The summed E-state index contributed by atoms with van der Waals surface area (Å²) in [6.07, 6.45) is 0.929. The number of hydrogen-bond donors (Lipinski definition) is 2. The van der Waals surface area contributed by atoms with E-state index in [0.717, 1.165) is 13.0 Å². The van der Waals surface area contributed by atoms with Gasteiger partial charge in [0.15, 0.2) is 0 Å². The maximum absolute atomic E-state index is 12.4. The number of benzene rings is 1. The van der Waals surface area contributed by atoms with Crippen LogP contribution in [0.15, 0.2) is 29.2 Å². The van der Waals surface area contributed by atoms with Crippen molar-refractivity contribution in [3.8, 4) is 0 Å². The van der Waals surface area contributed by atoms with E-state index in [0.29, 0.717) is 5.69 Å². The molecule has 0 aliphatic heterocycles. The Labute approximate surface area is 121 Å². The van der Waals surface area contributed by atoms with Crippen molar-refractivity contribution in [2.45, 2.75) is 37.7 Å². The lowest BCUT2D eigenvalue weighted by atomic mass is 10.1. The van der Waals surface area contributed by atoms with Crippen LogP contribution >= 0.6 is 0 Å². The fourth-order valence-electron chi connectivity index (χ4n) is 1.53. The van der Waals surface area contributed by atoms with E-state index >= 15 is 0 Å². The van der Waals surface area contributed by atoms with E-state index in [2.05, 4.69) is 10.0 Å². The van der Waals surface area contributed by atoms with Crippen molar-refractivity contribution < 1.29 is 13.2 Å². The molecule has 0 radical (unpaired) electrons. The molecule has 0 aromatic heterocycles. The zero-order valence-corrected chi connectivity index (χ0v) is 13.4. The van der Waals surface area contributed by atoms with Gasteiger partial charge in [0.2, 0.25) is 10.0 Å². The number of para-hydroxylation sites is 1. The summed E-state index contributed by atoms with van der Waals surface area (Å²) in [5.41, 5.74) is 0.0795. The number of ether oxygens (including phenoxy) is 1. The maximum Gasteiger partial charge on any atom is 0.242 e. The Hall–Kier alpha value is -1.11. The number of anilines is 1. The first-order chi connectivity index (χ1) is 9.32. The van der Waals surface area contributed by atoms with Crippen LogP contribution in [0.5, 0.6) is 0 Å². The third-order valence-electron chi connectivity index (χ3n) is 2.98. The molecule has 0 atom stereocenters. The Morgan fingerprint density at radius 3 is 2.50 bits per heavy atom. The molecule has 0 fully saturated rings. The van der Waals surface area contributed by atoms with Crippen molar-refractivity contribution in [1.29, 1.82) is 0 Å².